The fourth-order valence-electron chi connectivity index (χ4n) is 1.91. The number of nitrogens with zero attached hydrogens (tertiary/aromatic N) is 4. The van der Waals surface area contributed by atoms with Gasteiger partial charge in [-0.1, -0.05) is 0 Å². The lowest BCUT2D eigenvalue weighted by atomic mass is 10.3. The van der Waals surface area contributed by atoms with Gasteiger partial charge in [-0.25, -0.2) is 9.97 Å². The molecule has 1 unspecified atom stereocenters. The Morgan fingerprint density at radius 3 is 2.89 bits per heavy atom. The van der Waals surface area contributed by atoms with Crippen LogP contribution in [0, 0.1) is 0 Å². The fraction of sp³-hybridized carbons (Fsp3) is 0.455. The minimum atomic E-state index is -0.469. The summed E-state index contributed by atoms with van der Waals surface area (Å²) in [6.07, 6.45) is 1.37. The van der Waals surface area contributed by atoms with Crippen molar-refractivity contribution in [2.75, 3.05) is 14.2 Å². The van der Waals surface area contributed by atoms with E-state index in [0.717, 1.165) is 0 Å². The molecular formula is C11H14ClN5O2. The van der Waals surface area contributed by atoms with Crippen LogP contribution in [0.25, 0.3) is 11.2 Å². The van der Waals surface area contributed by atoms with Crippen LogP contribution < -0.4 is 10.1 Å². The van der Waals surface area contributed by atoms with E-state index in [2.05, 4.69) is 20.3 Å². The maximum Gasteiger partial charge on any atom is 0.245 e. The Morgan fingerprint density at radius 1 is 1.58 bits per heavy atom. The second-order valence-corrected chi connectivity index (χ2v) is 4.14. The monoisotopic (exact) mass is 283 g/mol. The molecule has 0 spiro atoms. The largest absolute Gasteiger partial charge is 0.479 e. The van der Waals surface area contributed by atoms with Gasteiger partial charge in [0.15, 0.2) is 11.2 Å². The Hall–Kier alpha value is -1.89. The molecule has 8 heteroatoms. The van der Waals surface area contributed by atoms with Crippen molar-refractivity contribution in [3.63, 3.8) is 0 Å². The summed E-state index contributed by atoms with van der Waals surface area (Å²) in [5.74, 6) is 0.926. The van der Waals surface area contributed by atoms with Gasteiger partial charge in [0, 0.05) is 7.05 Å². The minimum Gasteiger partial charge on any atom is -0.479 e. The summed E-state index contributed by atoms with van der Waals surface area (Å²) in [7, 11) is 3.08. The van der Waals surface area contributed by atoms with E-state index in [1.54, 1.807) is 18.5 Å². The van der Waals surface area contributed by atoms with E-state index >= 15 is 0 Å². The highest BCUT2D eigenvalue weighted by Crippen LogP contribution is 2.25. The molecule has 0 aliphatic rings. The molecule has 7 nitrogen and oxygen atoms in total. The molecule has 19 heavy (non-hydrogen) atoms. The van der Waals surface area contributed by atoms with Crippen molar-refractivity contribution in [2.24, 2.45) is 0 Å². The Bertz CT molecular complexity index is 612. The summed E-state index contributed by atoms with van der Waals surface area (Å²) in [6.45, 7) is 1.75. The third-order valence-electron chi connectivity index (χ3n) is 2.84. The van der Waals surface area contributed by atoms with Crippen molar-refractivity contribution < 1.29 is 9.53 Å². The lowest BCUT2D eigenvalue weighted by Gasteiger charge is -2.14. The average Bonchev–Trinajstić information content (AvgIpc) is 2.83. The van der Waals surface area contributed by atoms with Gasteiger partial charge in [-0.15, -0.1) is 11.6 Å². The van der Waals surface area contributed by atoms with Gasteiger partial charge >= 0.3 is 0 Å². The summed E-state index contributed by atoms with van der Waals surface area (Å²) in [5, 5.41) is 2.59. The lowest BCUT2D eigenvalue weighted by Crippen LogP contribution is -2.28. The zero-order chi connectivity index (χ0) is 14.0. The molecule has 1 N–H and O–H groups in total. The Labute approximate surface area is 115 Å². The zero-order valence-corrected chi connectivity index (χ0v) is 11.6. The highest BCUT2D eigenvalue weighted by atomic mass is 35.5. The van der Waals surface area contributed by atoms with Gasteiger partial charge in [0.2, 0.25) is 11.8 Å². The van der Waals surface area contributed by atoms with E-state index in [1.807, 2.05) is 0 Å². The van der Waals surface area contributed by atoms with Gasteiger partial charge < -0.3 is 10.1 Å². The second kappa shape index (κ2) is 5.40. The van der Waals surface area contributed by atoms with Crippen LogP contribution in [0.1, 0.15) is 18.8 Å². The molecule has 0 fully saturated rings. The summed E-state index contributed by atoms with van der Waals surface area (Å²) in [5.41, 5.74) is 1.02. The van der Waals surface area contributed by atoms with Crippen molar-refractivity contribution in [3.05, 3.63) is 12.2 Å². The van der Waals surface area contributed by atoms with Crippen LogP contribution in [0.2, 0.25) is 0 Å². The standard InChI is InChI=1S/C11H14ClN5O2/c1-6(10(18)13-2)17-7(4-12)16-8-9(17)14-5-15-11(8)19-3/h5-6H,4H2,1-3H3,(H,13,18). The number of carbonyl (C=O) groups is 1. The number of carbonyl (C=O) groups excluding carboxylic acids is 1. The summed E-state index contributed by atoms with van der Waals surface area (Å²) >= 11 is 5.89. The maximum absolute atomic E-state index is 11.8. The third kappa shape index (κ3) is 2.21. The number of methoxy groups -OCH3 is 1. The number of amides is 1. The van der Waals surface area contributed by atoms with E-state index in [1.165, 1.54) is 13.4 Å². The highest BCUT2D eigenvalue weighted by molar-refractivity contribution is 6.16. The smallest absolute Gasteiger partial charge is 0.245 e. The predicted octanol–water partition coefficient (Wildman–Crippen LogP) is 0.881. The number of nitrogens with one attached hydrogen (secondary N) is 1. The van der Waals surface area contributed by atoms with Crippen molar-refractivity contribution in [2.45, 2.75) is 18.8 Å². The quantitative estimate of drug-likeness (QED) is 0.843. The van der Waals surface area contributed by atoms with Gasteiger partial charge in [-0.2, -0.15) is 4.98 Å². The molecule has 2 rings (SSSR count). The summed E-state index contributed by atoms with van der Waals surface area (Å²) in [4.78, 5) is 24.3. The van der Waals surface area contributed by atoms with Gasteiger partial charge in [-0.3, -0.25) is 9.36 Å². The molecule has 2 aromatic heterocycles. The number of hydrogen-bond donors (Lipinski definition) is 1. The third-order valence-corrected chi connectivity index (χ3v) is 3.08. The molecule has 1 atom stereocenters. The van der Waals surface area contributed by atoms with Crippen LogP contribution in [0.3, 0.4) is 0 Å². The summed E-state index contributed by atoms with van der Waals surface area (Å²) in [6, 6.07) is -0.469. The van der Waals surface area contributed by atoms with Gasteiger partial charge in [0.05, 0.1) is 13.0 Å². The van der Waals surface area contributed by atoms with Crippen LogP contribution in [-0.4, -0.2) is 39.6 Å². The Morgan fingerprint density at radius 2 is 2.32 bits per heavy atom. The average molecular weight is 284 g/mol. The first kappa shape index (κ1) is 13.5. The lowest BCUT2D eigenvalue weighted by molar-refractivity contribution is -0.123. The number of fused-ring (bicyclic) bond motifs is 1. The summed E-state index contributed by atoms with van der Waals surface area (Å²) < 4.78 is 6.82. The molecule has 0 saturated carbocycles. The molecule has 0 aliphatic carbocycles. The normalized spacial score (nSPS) is 12.4. The van der Waals surface area contributed by atoms with Crippen molar-refractivity contribution in [1.29, 1.82) is 0 Å². The predicted molar refractivity (Wildman–Crippen MR) is 70.2 cm³/mol. The molecular weight excluding hydrogens is 270 g/mol. The van der Waals surface area contributed by atoms with E-state index in [4.69, 9.17) is 16.3 Å². The Balaban J connectivity index is 2.68. The molecule has 2 aromatic rings. The van der Waals surface area contributed by atoms with E-state index < -0.39 is 6.04 Å². The molecule has 0 bridgehead atoms. The highest BCUT2D eigenvalue weighted by Gasteiger charge is 2.23. The number of likely N-dealkylation sites (N-methyl/N-ethyl adjacent to an activating group) is 1. The minimum absolute atomic E-state index is 0.150. The first-order chi connectivity index (χ1) is 9.13. The van der Waals surface area contributed by atoms with Crippen molar-refractivity contribution >= 4 is 28.7 Å². The number of hydrogen-bond acceptors (Lipinski definition) is 5. The molecule has 0 aromatic carbocycles. The molecule has 0 aliphatic heterocycles. The van der Waals surface area contributed by atoms with Crippen LogP contribution in [0.5, 0.6) is 5.88 Å². The SMILES string of the molecule is CNC(=O)C(C)n1c(CCl)nc2c(OC)ncnc21. The number of ether oxygens (including phenoxy) is 1. The zero-order valence-electron chi connectivity index (χ0n) is 10.8. The molecule has 2 heterocycles. The molecule has 102 valence electrons. The van der Waals surface area contributed by atoms with Gasteiger partial charge in [0.1, 0.15) is 18.2 Å². The van der Waals surface area contributed by atoms with Crippen molar-refractivity contribution in [3.8, 4) is 5.88 Å². The van der Waals surface area contributed by atoms with Crippen LogP contribution in [0.4, 0.5) is 0 Å². The first-order valence-electron chi connectivity index (χ1n) is 5.67. The topological polar surface area (TPSA) is 81.9 Å². The first-order valence-corrected chi connectivity index (χ1v) is 6.20. The number of imidazole rings is 1. The fourth-order valence-corrected chi connectivity index (χ4v) is 2.10. The van der Waals surface area contributed by atoms with Crippen LogP contribution in [0.15, 0.2) is 6.33 Å². The van der Waals surface area contributed by atoms with E-state index in [0.29, 0.717) is 22.9 Å². The van der Waals surface area contributed by atoms with Crippen LogP contribution >= 0.6 is 11.6 Å². The number of alkyl halides is 1. The number of rotatable bonds is 4. The van der Waals surface area contributed by atoms with E-state index in [9.17, 15) is 4.79 Å². The number of halogens is 1. The van der Waals surface area contributed by atoms with Crippen molar-refractivity contribution in [1.82, 2.24) is 24.8 Å². The Kier molecular flexibility index (Phi) is 3.84. The number of aromatic nitrogens is 4. The molecule has 0 saturated heterocycles. The molecule has 0 radical (unpaired) electrons. The van der Waals surface area contributed by atoms with Crippen LogP contribution in [-0.2, 0) is 10.7 Å². The van der Waals surface area contributed by atoms with Gasteiger partial charge in [0.25, 0.3) is 0 Å². The second-order valence-electron chi connectivity index (χ2n) is 3.88. The maximum atomic E-state index is 11.8. The van der Waals surface area contributed by atoms with E-state index in [-0.39, 0.29) is 11.8 Å². The molecule has 1 amide bonds. The van der Waals surface area contributed by atoms with Gasteiger partial charge in [-0.05, 0) is 6.92 Å².